The van der Waals surface area contributed by atoms with E-state index in [0.29, 0.717) is 5.56 Å². The van der Waals surface area contributed by atoms with Crippen LogP contribution in [0.5, 0.6) is 0 Å². The van der Waals surface area contributed by atoms with Crippen molar-refractivity contribution in [3.63, 3.8) is 0 Å². The first-order valence-corrected chi connectivity index (χ1v) is 9.26. The highest BCUT2D eigenvalue weighted by Gasteiger charge is 2.65. The first kappa shape index (κ1) is 14.0. The largest absolute Gasteiger partial charge is 0.352 e. The van der Waals surface area contributed by atoms with Crippen LogP contribution in [-0.2, 0) is 0 Å². The maximum atomic E-state index is 12.9. The molecule has 122 valence electrons. The molecule has 0 radical (unpaired) electrons. The summed E-state index contributed by atoms with van der Waals surface area (Å²) >= 11 is 0. The minimum absolute atomic E-state index is 0.0724. The fourth-order valence-electron chi connectivity index (χ4n) is 7.00. The lowest BCUT2D eigenvalue weighted by atomic mass is 9.78. The van der Waals surface area contributed by atoms with Crippen molar-refractivity contribution in [2.75, 3.05) is 6.54 Å². The molecule has 2 bridgehead atoms. The first-order valence-electron chi connectivity index (χ1n) is 9.26. The number of amides is 1. The van der Waals surface area contributed by atoms with Crippen LogP contribution in [0.2, 0.25) is 0 Å². The molecule has 4 aliphatic rings. The van der Waals surface area contributed by atoms with Gasteiger partial charge >= 0.3 is 0 Å². The van der Waals surface area contributed by atoms with Crippen molar-refractivity contribution < 1.29 is 9.18 Å². The van der Waals surface area contributed by atoms with Gasteiger partial charge in [0.1, 0.15) is 5.82 Å². The predicted molar refractivity (Wildman–Crippen MR) is 86.2 cm³/mol. The van der Waals surface area contributed by atoms with Gasteiger partial charge in [0.2, 0.25) is 0 Å². The highest BCUT2D eigenvalue weighted by Crippen LogP contribution is 2.72. The number of halogens is 1. The molecule has 4 fully saturated rings. The topological polar surface area (TPSA) is 29.1 Å². The molecule has 5 rings (SSSR count). The lowest BCUT2D eigenvalue weighted by molar-refractivity contribution is 0.0949. The lowest BCUT2D eigenvalue weighted by Gasteiger charge is -2.28. The van der Waals surface area contributed by atoms with Gasteiger partial charge in [0.15, 0.2) is 0 Å². The van der Waals surface area contributed by atoms with Gasteiger partial charge in [-0.05, 0) is 97.8 Å². The van der Waals surface area contributed by atoms with Crippen molar-refractivity contribution in [3.05, 3.63) is 35.6 Å². The molecule has 3 heteroatoms. The Morgan fingerprint density at radius 3 is 2.57 bits per heavy atom. The minimum atomic E-state index is -0.297. The van der Waals surface area contributed by atoms with E-state index >= 15 is 0 Å². The molecule has 0 aromatic heterocycles. The molecule has 4 saturated carbocycles. The monoisotopic (exact) mass is 313 g/mol. The summed E-state index contributed by atoms with van der Waals surface area (Å²) in [6.45, 7) is 0.763. The van der Waals surface area contributed by atoms with E-state index in [1.54, 1.807) is 12.1 Å². The fourth-order valence-corrected chi connectivity index (χ4v) is 7.00. The van der Waals surface area contributed by atoms with E-state index in [2.05, 4.69) is 5.32 Å². The van der Waals surface area contributed by atoms with E-state index < -0.39 is 0 Å². The van der Waals surface area contributed by atoms with Gasteiger partial charge in [-0.25, -0.2) is 4.39 Å². The number of rotatable bonds is 4. The second kappa shape index (κ2) is 5.06. The Kier molecular flexibility index (Phi) is 3.08. The average Bonchev–Trinajstić information content (AvgIpc) is 3.19. The standard InChI is InChI=1S/C20H24FNO/c21-13-3-1-11(2-4-13)20(23)22-8-7-12-9-16-14-5-6-15-17(14)10-18(16)19(12)15/h1-4,12,14-19H,5-10H2,(H,22,23). The van der Waals surface area contributed by atoms with Gasteiger partial charge < -0.3 is 5.32 Å². The van der Waals surface area contributed by atoms with Gasteiger partial charge in [0.05, 0.1) is 0 Å². The quantitative estimate of drug-likeness (QED) is 0.898. The van der Waals surface area contributed by atoms with E-state index in [9.17, 15) is 9.18 Å². The summed E-state index contributed by atoms with van der Waals surface area (Å²) in [4.78, 5) is 12.1. The highest BCUT2D eigenvalue weighted by atomic mass is 19.1. The number of hydrogen-bond acceptors (Lipinski definition) is 1. The lowest BCUT2D eigenvalue weighted by Crippen LogP contribution is -2.28. The van der Waals surface area contributed by atoms with Crippen LogP contribution in [0.1, 0.15) is 42.5 Å². The van der Waals surface area contributed by atoms with E-state index in [-0.39, 0.29) is 11.7 Å². The van der Waals surface area contributed by atoms with Crippen LogP contribution in [0, 0.1) is 47.2 Å². The zero-order valence-electron chi connectivity index (χ0n) is 13.4. The molecule has 1 aromatic carbocycles. The van der Waals surface area contributed by atoms with Crippen molar-refractivity contribution in [1.82, 2.24) is 5.32 Å². The third kappa shape index (κ3) is 2.01. The Labute approximate surface area is 136 Å². The second-order valence-electron chi connectivity index (χ2n) is 8.26. The number of hydrogen-bond donors (Lipinski definition) is 1. The number of carbonyl (C=O) groups is 1. The van der Waals surface area contributed by atoms with Crippen LogP contribution in [0.25, 0.3) is 0 Å². The molecular formula is C20H24FNO. The smallest absolute Gasteiger partial charge is 0.251 e. The van der Waals surface area contributed by atoms with Crippen LogP contribution in [0.15, 0.2) is 24.3 Å². The minimum Gasteiger partial charge on any atom is -0.352 e. The maximum Gasteiger partial charge on any atom is 0.251 e. The Morgan fingerprint density at radius 2 is 1.74 bits per heavy atom. The number of benzene rings is 1. The zero-order chi connectivity index (χ0) is 15.6. The van der Waals surface area contributed by atoms with Crippen LogP contribution in [-0.4, -0.2) is 12.5 Å². The Morgan fingerprint density at radius 1 is 1.00 bits per heavy atom. The van der Waals surface area contributed by atoms with Gasteiger partial charge in [-0.15, -0.1) is 0 Å². The van der Waals surface area contributed by atoms with Gasteiger partial charge in [0, 0.05) is 12.1 Å². The highest BCUT2D eigenvalue weighted by molar-refractivity contribution is 5.94. The normalized spacial score (nSPS) is 42.4. The molecule has 4 aliphatic carbocycles. The molecule has 0 heterocycles. The Balaban J connectivity index is 1.18. The molecular weight excluding hydrogens is 289 g/mol. The summed E-state index contributed by atoms with van der Waals surface area (Å²) in [6.07, 6.45) is 7.04. The van der Waals surface area contributed by atoms with Crippen molar-refractivity contribution in [3.8, 4) is 0 Å². The van der Waals surface area contributed by atoms with E-state index in [1.165, 1.54) is 37.8 Å². The number of fused-ring (bicyclic) bond motifs is 2. The first-order chi connectivity index (χ1) is 11.2. The summed E-state index contributed by atoms with van der Waals surface area (Å²) in [6, 6.07) is 5.81. The SMILES string of the molecule is O=C(NCCC1CC2C3CCC4C3CC2C14)c1ccc(F)cc1. The fraction of sp³-hybridized carbons (Fsp3) is 0.650. The van der Waals surface area contributed by atoms with Gasteiger partial charge in [-0.1, -0.05) is 0 Å². The van der Waals surface area contributed by atoms with Crippen LogP contribution < -0.4 is 5.32 Å². The predicted octanol–water partition coefficient (Wildman–Crippen LogP) is 3.87. The molecule has 1 amide bonds. The Bertz CT molecular complexity index is 623. The molecule has 1 N–H and O–H groups in total. The summed E-state index contributed by atoms with van der Waals surface area (Å²) in [5, 5.41) is 3.04. The molecule has 0 aliphatic heterocycles. The van der Waals surface area contributed by atoms with Crippen molar-refractivity contribution >= 4 is 5.91 Å². The molecule has 7 unspecified atom stereocenters. The maximum absolute atomic E-state index is 12.9. The summed E-state index contributed by atoms with van der Waals surface area (Å²) in [5.41, 5.74) is 0.554. The molecule has 0 spiro atoms. The van der Waals surface area contributed by atoms with E-state index in [1.807, 2.05) is 0 Å². The third-order valence-corrected chi connectivity index (χ3v) is 7.59. The number of nitrogens with one attached hydrogen (secondary N) is 1. The summed E-state index contributed by atoms with van der Waals surface area (Å²) in [7, 11) is 0. The summed E-state index contributed by atoms with van der Waals surface area (Å²) < 4.78 is 12.9. The van der Waals surface area contributed by atoms with Crippen LogP contribution >= 0.6 is 0 Å². The van der Waals surface area contributed by atoms with Crippen LogP contribution in [0.4, 0.5) is 4.39 Å². The van der Waals surface area contributed by atoms with Crippen molar-refractivity contribution in [2.45, 2.75) is 32.1 Å². The van der Waals surface area contributed by atoms with Gasteiger partial charge in [-0.2, -0.15) is 0 Å². The van der Waals surface area contributed by atoms with E-state index in [0.717, 1.165) is 54.4 Å². The molecule has 23 heavy (non-hydrogen) atoms. The second-order valence-corrected chi connectivity index (χ2v) is 8.26. The van der Waals surface area contributed by atoms with E-state index in [4.69, 9.17) is 0 Å². The molecule has 0 saturated heterocycles. The van der Waals surface area contributed by atoms with Crippen LogP contribution in [0.3, 0.4) is 0 Å². The van der Waals surface area contributed by atoms with Crippen molar-refractivity contribution in [2.24, 2.45) is 41.4 Å². The molecule has 7 atom stereocenters. The molecule has 2 nitrogen and oxygen atoms in total. The number of carbonyl (C=O) groups excluding carboxylic acids is 1. The van der Waals surface area contributed by atoms with Gasteiger partial charge in [-0.3, -0.25) is 4.79 Å². The van der Waals surface area contributed by atoms with Gasteiger partial charge in [0.25, 0.3) is 5.91 Å². The zero-order valence-corrected chi connectivity index (χ0v) is 13.4. The molecule has 1 aromatic rings. The average molecular weight is 313 g/mol. The summed E-state index contributed by atoms with van der Waals surface area (Å²) in [5.74, 6) is 6.60. The van der Waals surface area contributed by atoms with Crippen molar-refractivity contribution in [1.29, 1.82) is 0 Å². The Hall–Kier alpha value is -1.38. The third-order valence-electron chi connectivity index (χ3n) is 7.59.